The summed E-state index contributed by atoms with van der Waals surface area (Å²) in [6.45, 7) is 5.64. The third-order valence-corrected chi connectivity index (χ3v) is 4.56. The summed E-state index contributed by atoms with van der Waals surface area (Å²) in [6.07, 6.45) is 1.52. The van der Waals surface area contributed by atoms with Gasteiger partial charge in [-0.05, 0) is 42.3 Å². The van der Waals surface area contributed by atoms with Crippen LogP contribution in [0.25, 0.3) is 5.57 Å². The number of benzene rings is 2. The highest BCUT2D eigenvalue weighted by molar-refractivity contribution is 6.37. The third-order valence-electron chi connectivity index (χ3n) is 4.07. The molecule has 6 heteroatoms. The lowest BCUT2D eigenvalue weighted by atomic mass is 10.0. The van der Waals surface area contributed by atoms with E-state index >= 15 is 0 Å². The van der Waals surface area contributed by atoms with Gasteiger partial charge in [-0.1, -0.05) is 47.5 Å². The van der Waals surface area contributed by atoms with Crippen molar-refractivity contribution in [2.24, 2.45) is 0 Å². The molecule has 0 bridgehead atoms. The number of amides is 2. The highest BCUT2D eigenvalue weighted by Crippen LogP contribution is 2.32. The van der Waals surface area contributed by atoms with Crippen molar-refractivity contribution in [3.63, 3.8) is 0 Å². The molecule has 0 saturated carbocycles. The van der Waals surface area contributed by atoms with Crippen molar-refractivity contribution in [2.45, 2.75) is 6.92 Å². The summed E-state index contributed by atoms with van der Waals surface area (Å²) in [4.78, 5) is 26.8. The first-order chi connectivity index (χ1) is 12.4. The van der Waals surface area contributed by atoms with Gasteiger partial charge in [-0.15, -0.1) is 6.58 Å². The summed E-state index contributed by atoms with van der Waals surface area (Å²) in [5.41, 5.74) is 2.69. The summed E-state index contributed by atoms with van der Waals surface area (Å²) in [6, 6.07) is 12.1. The van der Waals surface area contributed by atoms with Crippen molar-refractivity contribution >= 4 is 46.3 Å². The van der Waals surface area contributed by atoms with Crippen LogP contribution in [0.3, 0.4) is 0 Å². The maximum Gasteiger partial charge on any atom is 0.278 e. The number of anilines is 1. The van der Waals surface area contributed by atoms with E-state index in [1.807, 2.05) is 13.0 Å². The Kier molecular flexibility index (Phi) is 5.16. The lowest BCUT2D eigenvalue weighted by molar-refractivity contribution is -0.136. The maximum absolute atomic E-state index is 12.8. The van der Waals surface area contributed by atoms with Gasteiger partial charge in [0.15, 0.2) is 0 Å². The molecule has 4 nitrogen and oxygen atoms in total. The largest absolute Gasteiger partial charge is 0.350 e. The van der Waals surface area contributed by atoms with E-state index in [-0.39, 0.29) is 18.1 Å². The number of halogens is 2. The van der Waals surface area contributed by atoms with Crippen molar-refractivity contribution < 1.29 is 9.59 Å². The van der Waals surface area contributed by atoms with Crippen LogP contribution in [0.1, 0.15) is 11.1 Å². The van der Waals surface area contributed by atoms with Gasteiger partial charge in [-0.3, -0.25) is 14.5 Å². The first kappa shape index (κ1) is 18.2. The number of carbonyl (C=O) groups excluding carboxylic acids is 2. The zero-order valence-corrected chi connectivity index (χ0v) is 15.6. The van der Waals surface area contributed by atoms with Gasteiger partial charge < -0.3 is 5.32 Å². The molecule has 3 rings (SSSR count). The fourth-order valence-electron chi connectivity index (χ4n) is 2.73. The van der Waals surface area contributed by atoms with Crippen LogP contribution in [0, 0.1) is 6.92 Å². The Morgan fingerprint density at radius 2 is 1.69 bits per heavy atom. The van der Waals surface area contributed by atoms with Crippen LogP contribution in [0.2, 0.25) is 10.0 Å². The zero-order valence-electron chi connectivity index (χ0n) is 14.1. The van der Waals surface area contributed by atoms with Crippen molar-refractivity contribution in [1.29, 1.82) is 0 Å². The molecule has 1 aliphatic rings. The van der Waals surface area contributed by atoms with Gasteiger partial charge >= 0.3 is 0 Å². The Bertz CT molecular complexity index is 933. The molecule has 2 aromatic rings. The Morgan fingerprint density at radius 1 is 1.04 bits per heavy atom. The molecule has 0 aromatic heterocycles. The van der Waals surface area contributed by atoms with Crippen LogP contribution < -0.4 is 5.32 Å². The van der Waals surface area contributed by atoms with Gasteiger partial charge in [-0.25, -0.2) is 0 Å². The second kappa shape index (κ2) is 7.36. The van der Waals surface area contributed by atoms with E-state index in [2.05, 4.69) is 11.9 Å². The van der Waals surface area contributed by atoms with E-state index in [1.165, 1.54) is 6.08 Å². The smallest absolute Gasteiger partial charge is 0.278 e. The molecule has 0 saturated heterocycles. The first-order valence-electron chi connectivity index (χ1n) is 7.93. The van der Waals surface area contributed by atoms with Gasteiger partial charge in [-0.2, -0.15) is 0 Å². The molecule has 1 N–H and O–H groups in total. The fourth-order valence-corrected chi connectivity index (χ4v) is 3.03. The molecular weight excluding hydrogens is 371 g/mol. The van der Waals surface area contributed by atoms with Gasteiger partial charge in [0, 0.05) is 22.3 Å². The molecule has 1 heterocycles. The standard InChI is InChI=1S/C20H16Cl2N2O2/c1-3-10-24-19(25)17(13-5-8-14(21)9-6-13)18(20(24)26)23-16-11-15(22)7-4-12(16)2/h3-9,11,23H,1,10H2,2H3. The number of rotatable bonds is 5. The molecule has 2 amide bonds. The molecule has 0 spiro atoms. The van der Waals surface area contributed by atoms with Crippen LogP contribution in [0.4, 0.5) is 5.69 Å². The monoisotopic (exact) mass is 386 g/mol. The van der Waals surface area contributed by atoms with Crippen molar-refractivity contribution in [2.75, 3.05) is 11.9 Å². The number of imide groups is 1. The molecule has 0 fully saturated rings. The molecule has 1 aliphatic heterocycles. The minimum Gasteiger partial charge on any atom is -0.350 e. The zero-order chi connectivity index (χ0) is 18.8. The average molecular weight is 387 g/mol. The number of nitrogens with one attached hydrogen (secondary N) is 1. The molecule has 0 unspecified atom stereocenters. The Balaban J connectivity index is 2.12. The Hall–Kier alpha value is -2.56. The predicted molar refractivity (Wildman–Crippen MR) is 105 cm³/mol. The molecular formula is C20H16Cl2N2O2. The topological polar surface area (TPSA) is 49.4 Å². The summed E-state index contributed by atoms with van der Waals surface area (Å²) in [5.74, 6) is -0.779. The van der Waals surface area contributed by atoms with Gasteiger partial charge in [0.05, 0.1) is 5.57 Å². The number of nitrogens with zero attached hydrogens (tertiary/aromatic N) is 1. The highest BCUT2D eigenvalue weighted by atomic mass is 35.5. The van der Waals surface area contributed by atoms with Crippen LogP contribution >= 0.6 is 23.2 Å². The maximum atomic E-state index is 12.8. The van der Waals surface area contributed by atoms with E-state index in [0.717, 1.165) is 10.5 Å². The number of carbonyl (C=O) groups is 2. The lowest BCUT2D eigenvalue weighted by Crippen LogP contribution is -2.32. The second-order valence-corrected chi connectivity index (χ2v) is 6.72. The van der Waals surface area contributed by atoms with E-state index in [9.17, 15) is 9.59 Å². The fraction of sp³-hybridized carbons (Fsp3) is 0.100. The van der Waals surface area contributed by atoms with Gasteiger partial charge in [0.25, 0.3) is 11.8 Å². The molecule has 0 radical (unpaired) electrons. The van der Waals surface area contributed by atoms with Crippen molar-refractivity contribution in [3.8, 4) is 0 Å². The van der Waals surface area contributed by atoms with Crippen molar-refractivity contribution in [1.82, 2.24) is 4.90 Å². The van der Waals surface area contributed by atoms with Crippen LogP contribution in [-0.2, 0) is 9.59 Å². The van der Waals surface area contributed by atoms with Crippen LogP contribution in [0.15, 0.2) is 60.8 Å². The number of hydrogen-bond donors (Lipinski definition) is 1. The average Bonchev–Trinajstić information content (AvgIpc) is 2.84. The number of aryl methyl sites for hydroxylation is 1. The van der Waals surface area contributed by atoms with E-state index in [4.69, 9.17) is 23.2 Å². The van der Waals surface area contributed by atoms with E-state index in [0.29, 0.717) is 26.9 Å². The quantitative estimate of drug-likeness (QED) is 0.599. The highest BCUT2D eigenvalue weighted by Gasteiger charge is 2.38. The minimum atomic E-state index is -0.403. The Morgan fingerprint density at radius 3 is 2.35 bits per heavy atom. The molecule has 26 heavy (non-hydrogen) atoms. The van der Waals surface area contributed by atoms with Crippen LogP contribution in [-0.4, -0.2) is 23.3 Å². The summed E-state index contributed by atoms with van der Waals surface area (Å²) >= 11 is 12.0. The lowest BCUT2D eigenvalue weighted by Gasteiger charge is -2.13. The number of hydrogen-bond acceptors (Lipinski definition) is 3. The summed E-state index contributed by atoms with van der Waals surface area (Å²) < 4.78 is 0. The van der Waals surface area contributed by atoms with Crippen molar-refractivity contribution in [3.05, 3.63) is 82.0 Å². The molecule has 2 aromatic carbocycles. The van der Waals surface area contributed by atoms with Gasteiger partial charge in [0.1, 0.15) is 5.70 Å². The van der Waals surface area contributed by atoms with E-state index in [1.54, 1.807) is 36.4 Å². The van der Waals surface area contributed by atoms with E-state index < -0.39 is 5.91 Å². The molecule has 132 valence electrons. The SMILES string of the molecule is C=CCN1C(=O)C(Nc2cc(Cl)ccc2C)=C(c2ccc(Cl)cc2)C1=O. The minimum absolute atomic E-state index is 0.133. The normalized spacial score (nSPS) is 14.2. The third kappa shape index (κ3) is 3.39. The second-order valence-electron chi connectivity index (χ2n) is 5.85. The summed E-state index contributed by atoms with van der Waals surface area (Å²) in [7, 11) is 0. The van der Waals surface area contributed by atoms with Gasteiger partial charge in [0.2, 0.25) is 0 Å². The molecule has 0 atom stereocenters. The predicted octanol–water partition coefficient (Wildman–Crippen LogP) is 4.68. The summed E-state index contributed by atoms with van der Waals surface area (Å²) in [5, 5.41) is 4.18. The molecule has 0 aliphatic carbocycles. The first-order valence-corrected chi connectivity index (χ1v) is 8.68. The Labute approximate surface area is 161 Å². The van der Waals surface area contributed by atoms with Crippen LogP contribution in [0.5, 0.6) is 0 Å².